The molecule has 1 N–H and O–H groups in total. The predicted octanol–water partition coefficient (Wildman–Crippen LogP) is 0.966. The van der Waals surface area contributed by atoms with Gasteiger partial charge in [-0.15, -0.1) is 0 Å². The fraction of sp³-hybridized carbons (Fsp3) is 1.00. The summed E-state index contributed by atoms with van der Waals surface area (Å²) in [5.74, 6) is -0.190. The number of rotatable bonds is 2. The van der Waals surface area contributed by atoms with Crippen LogP contribution in [0.2, 0.25) is 0 Å². The zero-order valence-corrected chi connectivity index (χ0v) is 10.8. The van der Waals surface area contributed by atoms with Gasteiger partial charge in [0.1, 0.15) is 0 Å². The Kier molecular flexibility index (Phi) is 3.39. The Bertz CT molecular complexity index is 266. The molecule has 98 valence electrons. The van der Waals surface area contributed by atoms with Crippen molar-refractivity contribution in [3.63, 3.8) is 0 Å². The molecule has 1 unspecified atom stereocenters. The molecule has 1 aliphatic carbocycles. The molecule has 2 heterocycles. The second-order valence-corrected chi connectivity index (χ2v) is 5.78. The highest BCUT2D eigenvalue weighted by atomic mass is 16.7. The molecular weight excluding hydrogens is 216 g/mol. The highest BCUT2D eigenvalue weighted by Crippen LogP contribution is 2.39. The van der Waals surface area contributed by atoms with Gasteiger partial charge >= 0.3 is 0 Å². The van der Waals surface area contributed by atoms with Crippen molar-refractivity contribution in [3.8, 4) is 0 Å². The molecule has 0 radical (unpaired) electrons. The molecule has 1 saturated carbocycles. The Morgan fingerprint density at radius 1 is 1.35 bits per heavy atom. The lowest BCUT2D eigenvalue weighted by Gasteiger charge is -2.33. The molecule has 1 spiro atoms. The van der Waals surface area contributed by atoms with Gasteiger partial charge in [0, 0.05) is 45.1 Å². The monoisotopic (exact) mass is 240 g/mol. The summed E-state index contributed by atoms with van der Waals surface area (Å²) >= 11 is 0. The third-order valence-electron chi connectivity index (χ3n) is 4.19. The summed E-state index contributed by atoms with van der Waals surface area (Å²) in [7, 11) is 0. The fourth-order valence-corrected chi connectivity index (χ4v) is 3.35. The zero-order valence-electron chi connectivity index (χ0n) is 10.8. The van der Waals surface area contributed by atoms with E-state index in [-0.39, 0.29) is 5.79 Å². The van der Waals surface area contributed by atoms with Crippen LogP contribution in [0.1, 0.15) is 32.6 Å². The van der Waals surface area contributed by atoms with Crippen molar-refractivity contribution >= 4 is 0 Å². The minimum atomic E-state index is -0.190. The average molecular weight is 240 g/mol. The molecule has 3 fully saturated rings. The molecule has 0 amide bonds. The third kappa shape index (κ3) is 2.65. The van der Waals surface area contributed by atoms with E-state index in [4.69, 9.17) is 9.47 Å². The van der Waals surface area contributed by atoms with Gasteiger partial charge < -0.3 is 14.8 Å². The summed E-state index contributed by atoms with van der Waals surface area (Å²) in [4.78, 5) is 2.50. The van der Waals surface area contributed by atoms with Crippen LogP contribution in [0.4, 0.5) is 0 Å². The van der Waals surface area contributed by atoms with E-state index in [0.29, 0.717) is 12.1 Å². The van der Waals surface area contributed by atoms with Crippen LogP contribution in [-0.4, -0.2) is 55.6 Å². The topological polar surface area (TPSA) is 33.7 Å². The molecule has 0 aromatic heterocycles. The molecular formula is C13H24N2O2. The van der Waals surface area contributed by atoms with E-state index in [2.05, 4.69) is 17.1 Å². The first-order valence-electron chi connectivity index (χ1n) is 7.03. The molecule has 4 nitrogen and oxygen atoms in total. The van der Waals surface area contributed by atoms with E-state index in [1.807, 2.05) is 0 Å². The normalized spacial score (nSPS) is 37.9. The molecule has 2 atom stereocenters. The lowest BCUT2D eigenvalue weighted by molar-refractivity contribution is -0.163. The van der Waals surface area contributed by atoms with Crippen molar-refractivity contribution in [3.05, 3.63) is 0 Å². The molecule has 4 heteroatoms. The molecule has 2 saturated heterocycles. The highest BCUT2D eigenvalue weighted by molar-refractivity contribution is 4.86. The summed E-state index contributed by atoms with van der Waals surface area (Å²) in [5, 5.41) is 3.47. The highest BCUT2D eigenvalue weighted by Gasteiger charge is 2.44. The van der Waals surface area contributed by atoms with Gasteiger partial charge in [-0.3, -0.25) is 4.90 Å². The van der Waals surface area contributed by atoms with Gasteiger partial charge in [-0.2, -0.15) is 0 Å². The van der Waals surface area contributed by atoms with Gasteiger partial charge in [0.2, 0.25) is 0 Å². The third-order valence-corrected chi connectivity index (χ3v) is 4.19. The number of ether oxygens (including phenoxy) is 2. The molecule has 0 bridgehead atoms. The Morgan fingerprint density at radius 2 is 2.18 bits per heavy atom. The molecule has 0 aromatic rings. The lowest BCUT2D eigenvalue weighted by atomic mass is 10.2. The number of hydrogen-bond donors (Lipinski definition) is 1. The van der Waals surface area contributed by atoms with Crippen molar-refractivity contribution in [2.45, 2.75) is 50.5 Å². The van der Waals surface area contributed by atoms with Crippen LogP contribution in [0.25, 0.3) is 0 Å². The Balaban J connectivity index is 1.50. The maximum atomic E-state index is 6.16. The van der Waals surface area contributed by atoms with E-state index in [1.165, 1.54) is 12.8 Å². The second-order valence-electron chi connectivity index (χ2n) is 5.78. The summed E-state index contributed by atoms with van der Waals surface area (Å²) in [6.45, 7) is 7.44. The number of nitrogens with one attached hydrogen (secondary N) is 1. The van der Waals surface area contributed by atoms with Gasteiger partial charge in [-0.1, -0.05) is 0 Å². The van der Waals surface area contributed by atoms with Gasteiger partial charge in [0.05, 0.1) is 12.7 Å². The SMILES string of the molecule is C[C@H]1CN(CC2COC3(CCCC3)O2)CCN1. The smallest absolute Gasteiger partial charge is 0.168 e. The van der Waals surface area contributed by atoms with E-state index < -0.39 is 0 Å². The quantitative estimate of drug-likeness (QED) is 0.780. The number of hydrogen-bond acceptors (Lipinski definition) is 4. The maximum Gasteiger partial charge on any atom is 0.168 e. The maximum absolute atomic E-state index is 6.16. The van der Waals surface area contributed by atoms with E-state index in [0.717, 1.165) is 45.6 Å². The lowest BCUT2D eigenvalue weighted by Crippen LogP contribution is -2.51. The van der Waals surface area contributed by atoms with Crippen LogP contribution in [0.5, 0.6) is 0 Å². The Hall–Kier alpha value is -0.160. The largest absolute Gasteiger partial charge is 0.347 e. The first-order valence-corrected chi connectivity index (χ1v) is 7.03. The van der Waals surface area contributed by atoms with Crippen LogP contribution in [-0.2, 0) is 9.47 Å². The van der Waals surface area contributed by atoms with Crippen molar-refractivity contribution in [2.75, 3.05) is 32.8 Å². The second kappa shape index (κ2) is 4.84. The first kappa shape index (κ1) is 11.9. The van der Waals surface area contributed by atoms with Gasteiger partial charge in [0.25, 0.3) is 0 Å². The molecule has 0 aromatic carbocycles. The van der Waals surface area contributed by atoms with Crippen molar-refractivity contribution in [2.24, 2.45) is 0 Å². The van der Waals surface area contributed by atoms with Crippen LogP contribution >= 0.6 is 0 Å². The van der Waals surface area contributed by atoms with Crippen LogP contribution < -0.4 is 5.32 Å². The van der Waals surface area contributed by atoms with Gasteiger partial charge in [-0.05, 0) is 19.8 Å². The van der Waals surface area contributed by atoms with E-state index in [1.54, 1.807) is 0 Å². The fourth-order valence-electron chi connectivity index (χ4n) is 3.35. The molecule has 3 aliphatic rings. The number of piperazine rings is 1. The van der Waals surface area contributed by atoms with E-state index >= 15 is 0 Å². The first-order chi connectivity index (χ1) is 8.26. The van der Waals surface area contributed by atoms with E-state index in [9.17, 15) is 0 Å². The van der Waals surface area contributed by atoms with Crippen molar-refractivity contribution < 1.29 is 9.47 Å². The summed E-state index contributed by atoms with van der Waals surface area (Å²) in [6.07, 6.45) is 5.01. The Labute approximate surface area is 104 Å². The standard InChI is InChI=1S/C13H24N2O2/c1-11-8-15(7-6-14-11)9-12-10-16-13(17-12)4-2-3-5-13/h11-12,14H,2-10H2,1H3/t11-,12?/m0/s1. The average Bonchev–Trinajstić information content (AvgIpc) is 2.90. The van der Waals surface area contributed by atoms with Crippen LogP contribution in [0, 0.1) is 0 Å². The summed E-state index contributed by atoms with van der Waals surface area (Å²) in [6, 6.07) is 0.603. The minimum absolute atomic E-state index is 0.190. The van der Waals surface area contributed by atoms with Crippen molar-refractivity contribution in [1.29, 1.82) is 0 Å². The zero-order chi connectivity index (χ0) is 11.7. The molecule has 2 aliphatic heterocycles. The summed E-state index contributed by atoms with van der Waals surface area (Å²) < 4.78 is 12.1. The van der Waals surface area contributed by atoms with Crippen LogP contribution in [0.3, 0.4) is 0 Å². The molecule has 3 rings (SSSR count). The predicted molar refractivity (Wildman–Crippen MR) is 65.9 cm³/mol. The van der Waals surface area contributed by atoms with Crippen LogP contribution in [0.15, 0.2) is 0 Å². The number of nitrogens with zero attached hydrogens (tertiary/aromatic N) is 1. The molecule has 17 heavy (non-hydrogen) atoms. The van der Waals surface area contributed by atoms with Crippen molar-refractivity contribution in [1.82, 2.24) is 10.2 Å². The van der Waals surface area contributed by atoms with Gasteiger partial charge in [0.15, 0.2) is 5.79 Å². The van der Waals surface area contributed by atoms with Gasteiger partial charge in [-0.25, -0.2) is 0 Å². The Morgan fingerprint density at radius 3 is 2.94 bits per heavy atom. The summed E-state index contributed by atoms with van der Waals surface area (Å²) in [5.41, 5.74) is 0. The minimum Gasteiger partial charge on any atom is -0.347 e.